The van der Waals surface area contributed by atoms with Crippen molar-refractivity contribution in [2.75, 3.05) is 0 Å². The fraction of sp³-hybridized carbons (Fsp3) is 0.435. The second kappa shape index (κ2) is 10.7. The van der Waals surface area contributed by atoms with E-state index in [0.29, 0.717) is 12.8 Å². The highest BCUT2D eigenvalue weighted by Crippen LogP contribution is 2.27. The van der Waals surface area contributed by atoms with Crippen LogP contribution in [0.3, 0.4) is 0 Å². The number of hydrogen-bond donors (Lipinski definition) is 1. The number of allylic oxidation sites excluding steroid dienone is 4. The molecule has 0 amide bonds. The summed E-state index contributed by atoms with van der Waals surface area (Å²) in [5.74, 6) is -1.99. The van der Waals surface area contributed by atoms with Gasteiger partial charge in [0.05, 0.1) is 12.2 Å². The molecule has 0 radical (unpaired) electrons. The van der Waals surface area contributed by atoms with Crippen molar-refractivity contribution >= 4 is 17.7 Å². The molecule has 1 N–H and O–H groups in total. The average Bonchev–Trinajstić information content (AvgIpc) is 2.59. The predicted molar refractivity (Wildman–Crippen MR) is 109 cm³/mol. The van der Waals surface area contributed by atoms with Crippen molar-refractivity contribution in [3.05, 3.63) is 59.8 Å². The molecule has 0 aromatic rings. The van der Waals surface area contributed by atoms with Gasteiger partial charge in [-0.05, 0) is 39.2 Å². The molecular formula is C23H28O6. The molecule has 2 rings (SSSR count). The van der Waals surface area contributed by atoms with Gasteiger partial charge in [-0.2, -0.15) is 0 Å². The average molecular weight is 400 g/mol. The fourth-order valence-electron chi connectivity index (χ4n) is 3.34. The van der Waals surface area contributed by atoms with Crippen LogP contribution >= 0.6 is 0 Å². The summed E-state index contributed by atoms with van der Waals surface area (Å²) in [5.41, 5.74) is 2.59. The second-order valence-corrected chi connectivity index (χ2v) is 7.59. The molecule has 0 saturated carbocycles. The summed E-state index contributed by atoms with van der Waals surface area (Å²) < 4.78 is 11.1. The Morgan fingerprint density at radius 2 is 1.90 bits per heavy atom. The number of hydrogen-bond acceptors (Lipinski definition) is 5. The van der Waals surface area contributed by atoms with Gasteiger partial charge in [-0.15, -0.1) is 0 Å². The number of aliphatic carboxylic acids is 1. The highest BCUT2D eigenvalue weighted by Gasteiger charge is 2.25. The van der Waals surface area contributed by atoms with E-state index in [1.165, 1.54) is 6.08 Å². The third kappa shape index (κ3) is 8.03. The van der Waals surface area contributed by atoms with Gasteiger partial charge >= 0.3 is 11.9 Å². The molecule has 0 aromatic carbocycles. The molecule has 0 spiro atoms. The van der Waals surface area contributed by atoms with Gasteiger partial charge in [-0.1, -0.05) is 47.6 Å². The molecule has 29 heavy (non-hydrogen) atoms. The smallest absolute Gasteiger partial charge is 0.345 e. The largest absolute Gasteiger partial charge is 0.478 e. The van der Waals surface area contributed by atoms with Gasteiger partial charge in [0.25, 0.3) is 0 Å². The number of carbonyl (C=O) groups excluding carboxylic acids is 2. The molecule has 2 aliphatic heterocycles. The van der Waals surface area contributed by atoms with Crippen LogP contribution in [0.25, 0.3) is 0 Å². The normalized spacial score (nSPS) is 33.2. The van der Waals surface area contributed by atoms with E-state index in [1.54, 1.807) is 26.0 Å². The molecule has 0 aliphatic carbocycles. The van der Waals surface area contributed by atoms with Crippen molar-refractivity contribution in [1.29, 1.82) is 0 Å². The second-order valence-electron chi connectivity index (χ2n) is 7.59. The van der Waals surface area contributed by atoms with Crippen molar-refractivity contribution in [3.8, 4) is 0 Å². The zero-order chi connectivity index (χ0) is 21.4. The molecule has 2 aliphatic rings. The highest BCUT2D eigenvalue weighted by atomic mass is 16.6. The zero-order valence-electron chi connectivity index (χ0n) is 16.9. The Balaban J connectivity index is 2.26. The minimum Gasteiger partial charge on any atom is -0.478 e. The first-order chi connectivity index (χ1) is 13.7. The summed E-state index contributed by atoms with van der Waals surface area (Å²) in [7, 11) is 0. The first kappa shape index (κ1) is 22.6. The molecule has 1 fully saturated rings. The number of ether oxygens (including phenoxy) is 2. The number of cyclic esters (lactones) is 1. The third-order valence-electron chi connectivity index (χ3n) is 4.65. The minimum absolute atomic E-state index is 0.0382. The Bertz CT molecular complexity index is 783. The third-order valence-corrected chi connectivity index (χ3v) is 4.65. The van der Waals surface area contributed by atoms with Crippen LogP contribution in [0, 0.1) is 0 Å². The van der Waals surface area contributed by atoms with Gasteiger partial charge in [0.15, 0.2) is 5.78 Å². The minimum atomic E-state index is -1.28. The van der Waals surface area contributed by atoms with Gasteiger partial charge < -0.3 is 14.6 Å². The van der Waals surface area contributed by atoms with Crippen LogP contribution in [0.4, 0.5) is 0 Å². The number of esters is 1. The number of carboxylic acid groups (broad SMARTS) is 1. The predicted octanol–water partition coefficient (Wildman–Crippen LogP) is 3.84. The number of ketones is 1. The Labute approximate surface area is 171 Å². The summed E-state index contributed by atoms with van der Waals surface area (Å²) in [6.07, 6.45) is 10.2. The van der Waals surface area contributed by atoms with Crippen molar-refractivity contribution < 1.29 is 29.0 Å². The zero-order valence-corrected chi connectivity index (χ0v) is 16.9. The van der Waals surface area contributed by atoms with Gasteiger partial charge in [-0.3, -0.25) is 4.79 Å². The number of rotatable bonds is 1. The van der Waals surface area contributed by atoms with Gasteiger partial charge in [0.2, 0.25) is 6.10 Å². The number of fused-ring (bicyclic) bond motifs is 2. The van der Waals surface area contributed by atoms with Crippen LogP contribution in [0.1, 0.15) is 46.0 Å². The lowest BCUT2D eigenvalue weighted by Crippen LogP contribution is -2.29. The lowest BCUT2D eigenvalue weighted by atomic mass is 9.95. The van der Waals surface area contributed by atoms with Crippen LogP contribution in [0.5, 0.6) is 0 Å². The maximum absolute atomic E-state index is 12.1. The molecular weight excluding hydrogens is 372 g/mol. The Morgan fingerprint density at radius 1 is 1.14 bits per heavy atom. The topological polar surface area (TPSA) is 89.9 Å². The Hall–Kier alpha value is -2.73. The molecule has 0 unspecified atom stereocenters. The fourth-order valence-corrected chi connectivity index (χ4v) is 3.34. The van der Waals surface area contributed by atoms with E-state index in [1.807, 2.05) is 12.2 Å². The summed E-state index contributed by atoms with van der Waals surface area (Å²) >= 11 is 0. The Morgan fingerprint density at radius 3 is 2.62 bits per heavy atom. The maximum atomic E-state index is 12.1. The first-order valence-electron chi connectivity index (χ1n) is 9.69. The van der Waals surface area contributed by atoms with Crippen molar-refractivity contribution in [3.63, 3.8) is 0 Å². The molecule has 6 heteroatoms. The van der Waals surface area contributed by atoms with E-state index in [4.69, 9.17) is 9.47 Å². The van der Waals surface area contributed by atoms with E-state index in [9.17, 15) is 19.5 Å². The lowest BCUT2D eigenvalue weighted by Gasteiger charge is -2.30. The maximum Gasteiger partial charge on any atom is 0.345 e. The quantitative estimate of drug-likeness (QED) is 0.531. The molecule has 3 atom stereocenters. The summed E-state index contributed by atoms with van der Waals surface area (Å²) in [4.78, 5) is 35.5. The summed E-state index contributed by atoms with van der Waals surface area (Å²) in [6.45, 7) is 7.65. The summed E-state index contributed by atoms with van der Waals surface area (Å²) in [5, 5.41) is 9.39. The summed E-state index contributed by atoms with van der Waals surface area (Å²) in [6, 6.07) is 0. The molecule has 0 aromatic heterocycles. The SMILES string of the molecule is C=C1C[C@@H]2C/C=C/C(=O)C/C(C)=C\C=C\C(=O)O[C@H](C(=O)O)C/C(C)=C/[C@H](C1)O2. The van der Waals surface area contributed by atoms with Gasteiger partial charge in [-0.25, -0.2) is 9.59 Å². The number of carboxylic acids is 1. The van der Waals surface area contributed by atoms with Gasteiger partial charge in [0, 0.05) is 18.9 Å². The molecule has 2 heterocycles. The molecule has 1 saturated heterocycles. The monoisotopic (exact) mass is 400 g/mol. The molecule has 6 nitrogen and oxygen atoms in total. The van der Waals surface area contributed by atoms with Gasteiger partial charge in [0.1, 0.15) is 0 Å². The van der Waals surface area contributed by atoms with Crippen LogP contribution in [-0.2, 0) is 23.9 Å². The van der Waals surface area contributed by atoms with E-state index in [-0.39, 0.29) is 30.8 Å². The molecule has 2 bridgehead atoms. The van der Waals surface area contributed by atoms with Crippen LogP contribution in [0.2, 0.25) is 0 Å². The van der Waals surface area contributed by atoms with Crippen molar-refractivity contribution in [2.45, 2.75) is 64.3 Å². The van der Waals surface area contributed by atoms with Crippen molar-refractivity contribution in [1.82, 2.24) is 0 Å². The number of carbonyl (C=O) groups is 3. The highest BCUT2D eigenvalue weighted by molar-refractivity contribution is 5.91. The standard InChI is InChI=1S/C23H28O6/c1-15-6-4-9-22(25)29-21(23(26)27)14-17(3)13-20-12-16(2)11-19(28-20)8-5-7-18(24)10-15/h4-7,9,13,19-21H,2,8,10-12,14H2,1,3H3,(H,26,27)/b7-5+,9-4+,15-6-,17-13+/t19-,20-,21-/m0/s1. The van der Waals surface area contributed by atoms with E-state index < -0.39 is 18.0 Å². The Kier molecular flexibility index (Phi) is 8.34. The van der Waals surface area contributed by atoms with E-state index >= 15 is 0 Å². The van der Waals surface area contributed by atoms with Crippen LogP contribution in [-0.4, -0.2) is 41.1 Å². The molecule has 156 valence electrons. The first-order valence-corrected chi connectivity index (χ1v) is 9.69. The van der Waals surface area contributed by atoms with E-state index in [2.05, 4.69) is 6.58 Å². The van der Waals surface area contributed by atoms with Crippen LogP contribution in [0.15, 0.2) is 59.8 Å². The van der Waals surface area contributed by atoms with Crippen LogP contribution < -0.4 is 0 Å². The van der Waals surface area contributed by atoms with Crippen molar-refractivity contribution in [2.24, 2.45) is 0 Å². The van der Waals surface area contributed by atoms with E-state index in [0.717, 1.165) is 29.2 Å². The lowest BCUT2D eigenvalue weighted by molar-refractivity contribution is -0.160.